The van der Waals surface area contributed by atoms with E-state index in [-0.39, 0.29) is 21.6 Å². The van der Waals surface area contributed by atoms with Gasteiger partial charge in [-0.1, -0.05) is 23.2 Å². The quantitative estimate of drug-likeness (QED) is 0.857. The highest BCUT2D eigenvalue weighted by molar-refractivity contribution is 7.09. The van der Waals surface area contributed by atoms with Crippen molar-refractivity contribution < 1.29 is 4.79 Å². The number of rotatable bonds is 3. The highest BCUT2D eigenvalue weighted by atomic mass is 35.5. The van der Waals surface area contributed by atoms with E-state index < -0.39 is 0 Å². The van der Waals surface area contributed by atoms with E-state index >= 15 is 0 Å². The van der Waals surface area contributed by atoms with E-state index in [1.165, 1.54) is 23.5 Å². The number of amides is 1. The van der Waals surface area contributed by atoms with Crippen molar-refractivity contribution in [3.05, 3.63) is 44.3 Å². The Morgan fingerprint density at radius 2 is 2.22 bits per heavy atom. The highest BCUT2D eigenvalue weighted by Gasteiger charge is 2.11. The molecule has 0 aliphatic rings. The summed E-state index contributed by atoms with van der Waals surface area (Å²) in [5, 5.41) is 5.92. The van der Waals surface area contributed by atoms with Crippen LogP contribution in [0.25, 0.3) is 0 Å². The van der Waals surface area contributed by atoms with Gasteiger partial charge in [-0.15, -0.1) is 11.3 Å². The van der Waals surface area contributed by atoms with Gasteiger partial charge in [0.05, 0.1) is 22.3 Å². The molecule has 0 aliphatic carbocycles. The second-order valence-electron chi connectivity index (χ2n) is 3.47. The molecule has 2 rings (SSSR count). The van der Waals surface area contributed by atoms with Crippen molar-refractivity contribution in [1.29, 1.82) is 0 Å². The maximum Gasteiger partial charge on any atom is 0.251 e. The number of nitrogens with two attached hydrogens (primary N) is 1. The lowest BCUT2D eigenvalue weighted by atomic mass is 10.2. The summed E-state index contributed by atoms with van der Waals surface area (Å²) in [5.41, 5.74) is 6.30. The molecule has 7 heteroatoms. The molecule has 0 saturated heterocycles. The first-order chi connectivity index (χ1) is 8.58. The van der Waals surface area contributed by atoms with Crippen LogP contribution >= 0.6 is 34.5 Å². The van der Waals surface area contributed by atoms with Gasteiger partial charge in [0.2, 0.25) is 0 Å². The molecule has 94 valence electrons. The van der Waals surface area contributed by atoms with Crippen molar-refractivity contribution in [3.8, 4) is 0 Å². The van der Waals surface area contributed by atoms with Gasteiger partial charge < -0.3 is 11.1 Å². The van der Waals surface area contributed by atoms with E-state index in [1.54, 1.807) is 6.20 Å². The molecule has 1 aromatic heterocycles. The molecule has 0 atom stereocenters. The van der Waals surface area contributed by atoms with Gasteiger partial charge in [0.1, 0.15) is 5.01 Å². The zero-order valence-electron chi connectivity index (χ0n) is 9.11. The Morgan fingerprint density at radius 3 is 2.83 bits per heavy atom. The molecule has 1 amide bonds. The summed E-state index contributed by atoms with van der Waals surface area (Å²) in [7, 11) is 0. The topological polar surface area (TPSA) is 68.0 Å². The number of aromatic nitrogens is 1. The molecular formula is C11H9Cl2N3OS. The van der Waals surface area contributed by atoms with Crippen LogP contribution in [0, 0.1) is 0 Å². The Bertz CT molecular complexity index is 549. The fraction of sp³-hybridized carbons (Fsp3) is 0.0909. The van der Waals surface area contributed by atoms with Crippen LogP contribution in [0.4, 0.5) is 5.69 Å². The number of hydrogen-bond acceptors (Lipinski definition) is 4. The van der Waals surface area contributed by atoms with E-state index in [9.17, 15) is 4.79 Å². The van der Waals surface area contributed by atoms with Crippen LogP contribution in [0.15, 0.2) is 23.7 Å². The monoisotopic (exact) mass is 301 g/mol. The summed E-state index contributed by atoms with van der Waals surface area (Å²) in [6, 6.07) is 2.98. The third-order valence-electron chi connectivity index (χ3n) is 2.20. The number of hydrogen-bond donors (Lipinski definition) is 2. The van der Waals surface area contributed by atoms with E-state index in [0.29, 0.717) is 12.1 Å². The van der Waals surface area contributed by atoms with Gasteiger partial charge in [0, 0.05) is 17.1 Å². The molecule has 0 bridgehead atoms. The van der Waals surface area contributed by atoms with Gasteiger partial charge in [-0.3, -0.25) is 4.79 Å². The van der Waals surface area contributed by atoms with E-state index in [0.717, 1.165) is 5.01 Å². The van der Waals surface area contributed by atoms with Crippen LogP contribution in [0.2, 0.25) is 10.0 Å². The molecule has 0 spiro atoms. The van der Waals surface area contributed by atoms with Crippen molar-refractivity contribution in [1.82, 2.24) is 10.3 Å². The fourth-order valence-corrected chi connectivity index (χ4v) is 2.23. The van der Waals surface area contributed by atoms with Crippen LogP contribution in [0.3, 0.4) is 0 Å². The van der Waals surface area contributed by atoms with Crippen LogP contribution in [-0.2, 0) is 6.54 Å². The molecule has 1 heterocycles. The predicted octanol–water partition coefficient (Wildman–Crippen LogP) is 2.96. The second-order valence-corrected chi connectivity index (χ2v) is 5.23. The van der Waals surface area contributed by atoms with Gasteiger partial charge in [-0.05, 0) is 12.1 Å². The fourth-order valence-electron chi connectivity index (χ4n) is 1.34. The number of nitrogens with one attached hydrogen (secondary N) is 1. The molecule has 3 N–H and O–H groups in total. The van der Waals surface area contributed by atoms with Crippen LogP contribution in [0.5, 0.6) is 0 Å². The number of carbonyl (C=O) groups is 1. The van der Waals surface area contributed by atoms with E-state index in [4.69, 9.17) is 28.9 Å². The lowest BCUT2D eigenvalue weighted by molar-refractivity contribution is 0.0951. The predicted molar refractivity (Wildman–Crippen MR) is 74.2 cm³/mol. The zero-order chi connectivity index (χ0) is 13.1. The van der Waals surface area contributed by atoms with Gasteiger partial charge in [0.25, 0.3) is 5.91 Å². The van der Waals surface area contributed by atoms with Crippen molar-refractivity contribution in [3.63, 3.8) is 0 Å². The summed E-state index contributed by atoms with van der Waals surface area (Å²) in [6.07, 6.45) is 1.68. The van der Waals surface area contributed by atoms with Crippen molar-refractivity contribution in [2.45, 2.75) is 6.54 Å². The molecule has 2 aromatic rings. The van der Waals surface area contributed by atoms with Crippen LogP contribution in [0.1, 0.15) is 15.4 Å². The molecule has 18 heavy (non-hydrogen) atoms. The van der Waals surface area contributed by atoms with E-state index in [1.807, 2.05) is 5.38 Å². The second kappa shape index (κ2) is 5.56. The van der Waals surface area contributed by atoms with Gasteiger partial charge in [0.15, 0.2) is 0 Å². The number of nitrogen functional groups attached to an aromatic ring is 1. The first-order valence-corrected chi connectivity index (χ1v) is 6.62. The summed E-state index contributed by atoms with van der Waals surface area (Å²) >= 11 is 13.1. The largest absolute Gasteiger partial charge is 0.397 e. The first-order valence-electron chi connectivity index (χ1n) is 4.99. The summed E-state index contributed by atoms with van der Waals surface area (Å²) in [6.45, 7) is 0.372. The Balaban J connectivity index is 2.09. The molecule has 4 nitrogen and oxygen atoms in total. The Morgan fingerprint density at radius 1 is 1.44 bits per heavy atom. The molecule has 1 aromatic carbocycles. The highest BCUT2D eigenvalue weighted by Crippen LogP contribution is 2.29. The Hall–Kier alpha value is -1.30. The minimum absolute atomic E-state index is 0.258. The maximum absolute atomic E-state index is 11.9. The first kappa shape index (κ1) is 13.1. The van der Waals surface area contributed by atoms with Crippen molar-refractivity contribution in [2.24, 2.45) is 0 Å². The average Bonchev–Trinajstić information content (AvgIpc) is 2.85. The van der Waals surface area contributed by atoms with Gasteiger partial charge in [-0.2, -0.15) is 0 Å². The number of carbonyl (C=O) groups excluding carboxylic acids is 1. The third kappa shape index (κ3) is 2.93. The number of anilines is 1. The normalized spacial score (nSPS) is 10.3. The minimum atomic E-state index is -0.268. The van der Waals surface area contributed by atoms with Crippen LogP contribution < -0.4 is 11.1 Å². The van der Waals surface area contributed by atoms with Crippen LogP contribution in [-0.4, -0.2) is 10.9 Å². The Labute approximate surface area is 118 Å². The Kier molecular flexibility index (Phi) is 4.06. The van der Waals surface area contributed by atoms with Gasteiger partial charge >= 0.3 is 0 Å². The lowest BCUT2D eigenvalue weighted by Gasteiger charge is -2.06. The van der Waals surface area contributed by atoms with Crippen molar-refractivity contribution >= 4 is 46.1 Å². The number of thiazole rings is 1. The standard InChI is InChI=1S/C11H9Cl2N3OS/c12-7-3-6(4-8(14)10(7)13)11(17)16-5-9-15-1-2-18-9/h1-4H,5,14H2,(H,16,17). The maximum atomic E-state index is 11.9. The molecule has 0 fully saturated rings. The SMILES string of the molecule is Nc1cc(C(=O)NCc2nccs2)cc(Cl)c1Cl. The summed E-state index contributed by atoms with van der Waals surface area (Å²) in [5.74, 6) is -0.268. The zero-order valence-corrected chi connectivity index (χ0v) is 11.4. The summed E-state index contributed by atoms with van der Waals surface area (Å²) < 4.78 is 0. The smallest absolute Gasteiger partial charge is 0.251 e. The number of benzene rings is 1. The van der Waals surface area contributed by atoms with Gasteiger partial charge in [-0.25, -0.2) is 4.98 Å². The number of nitrogens with zero attached hydrogens (tertiary/aromatic N) is 1. The summed E-state index contributed by atoms with van der Waals surface area (Å²) in [4.78, 5) is 15.9. The molecule has 0 unspecified atom stereocenters. The number of halogens is 2. The minimum Gasteiger partial charge on any atom is -0.397 e. The third-order valence-corrected chi connectivity index (χ3v) is 3.80. The molecular weight excluding hydrogens is 293 g/mol. The molecule has 0 aliphatic heterocycles. The molecule has 0 radical (unpaired) electrons. The molecule has 0 saturated carbocycles. The van der Waals surface area contributed by atoms with E-state index in [2.05, 4.69) is 10.3 Å². The lowest BCUT2D eigenvalue weighted by Crippen LogP contribution is -2.22. The van der Waals surface area contributed by atoms with Crippen molar-refractivity contribution in [2.75, 3.05) is 5.73 Å². The average molecular weight is 302 g/mol.